The summed E-state index contributed by atoms with van der Waals surface area (Å²) in [5, 5.41) is 4.02. The van der Waals surface area contributed by atoms with Gasteiger partial charge in [-0.15, -0.1) is 0 Å². The maximum Gasteiger partial charge on any atom is 0.241 e. The molecule has 0 radical (unpaired) electrons. The van der Waals surface area contributed by atoms with Gasteiger partial charge in [-0.1, -0.05) is 12.1 Å². The van der Waals surface area contributed by atoms with Crippen molar-refractivity contribution >= 4 is 10.0 Å². The molecule has 0 aliphatic heterocycles. The van der Waals surface area contributed by atoms with Crippen LogP contribution in [0.3, 0.4) is 0 Å². The number of hydrogen-bond donors (Lipinski definition) is 2. The van der Waals surface area contributed by atoms with Crippen LogP contribution in [-0.4, -0.2) is 23.2 Å². The highest BCUT2D eigenvalue weighted by atomic mass is 32.2. The number of nitrogens with one attached hydrogen (secondary N) is 1. The summed E-state index contributed by atoms with van der Waals surface area (Å²) in [6.07, 6.45) is 1.52. The highest BCUT2D eigenvalue weighted by Gasteiger charge is 2.18. The number of nitrogens with zero attached hydrogens (tertiary/aromatic N) is 3. The molecule has 0 saturated carbocycles. The molecule has 7 nitrogen and oxygen atoms in total. The molecule has 2 rings (SSSR count). The molecule has 0 fully saturated rings. The number of rotatable bonds is 5. The lowest BCUT2D eigenvalue weighted by atomic mass is 10.1. The van der Waals surface area contributed by atoms with E-state index in [1.165, 1.54) is 11.0 Å². The van der Waals surface area contributed by atoms with Crippen LogP contribution in [0.25, 0.3) is 0 Å². The molecule has 2 aromatic rings. The number of hydrogen-bond acceptors (Lipinski definition) is 5. The van der Waals surface area contributed by atoms with E-state index in [2.05, 4.69) is 14.8 Å². The van der Waals surface area contributed by atoms with Gasteiger partial charge in [-0.3, -0.25) is 4.68 Å². The third kappa shape index (κ3) is 3.03. The van der Waals surface area contributed by atoms with Gasteiger partial charge in [0.2, 0.25) is 10.0 Å². The quantitative estimate of drug-likeness (QED) is 0.812. The van der Waals surface area contributed by atoms with Crippen LogP contribution >= 0.6 is 0 Å². The third-order valence-corrected chi connectivity index (χ3v) is 4.52. The summed E-state index contributed by atoms with van der Waals surface area (Å²) in [4.78, 5) is 4.21. The van der Waals surface area contributed by atoms with Crippen molar-refractivity contribution in [2.75, 3.05) is 0 Å². The van der Waals surface area contributed by atoms with E-state index in [1.54, 1.807) is 26.1 Å². The molecule has 0 aliphatic carbocycles. The lowest BCUT2D eigenvalue weighted by molar-refractivity contribution is 0.578. The zero-order valence-corrected chi connectivity index (χ0v) is 12.2. The largest absolute Gasteiger partial charge is 0.326 e. The first kappa shape index (κ1) is 14.6. The number of aromatic nitrogens is 3. The Balaban J connectivity index is 2.22. The van der Waals surface area contributed by atoms with Gasteiger partial charge >= 0.3 is 0 Å². The summed E-state index contributed by atoms with van der Waals surface area (Å²) in [5.74, 6) is 0.420. The summed E-state index contributed by atoms with van der Waals surface area (Å²) >= 11 is 0. The van der Waals surface area contributed by atoms with Crippen LogP contribution in [0.2, 0.25) is 0 Å². The topological polar surface area (TPSA) is 103 Å². The van der Waals surface area contributed by atoms with Crippen LogP contribution < -0.4 is 10.5 Å². The maximum atomic E-state index is 12.3. The summed E-state index contributed by atoms with van der Waals surface area (Å²) in [6.45, 7) is 2.10. The smallest absolute Gasteiger partial charge is 0.241 e. The van der Waals surface area contributed by atoms with Gasteiger partial charge in [0.05, 0.1) is 11.4 Å². The predicted octanol–water partition coefficient (Wildman–Crippen LogP) is 0.0607. The molecule has 0 aliphatic rings. The standard InChI is InChI=1S/C12H17N5O2S/c1-9-10(6-13)4-3-5-11(9)20(18,19)15-7-12-14-8-17(2)16-12/h3-5,8,15H,6-7,13H2,1-2H3. The van der Waals surface area contributed by atoms with Crippen molar-refractivity contribution < 1.29 is 8.42 Å². The fraction of sp³-hybridized carbons (Fsp3) is 0.333. The van der Waals surface area contributed by atoms with Crippen molar-refractivity contribution in [1.82, 2.24) is 19.5 Å². The Labute approximate surface area is 117 Å². The van der Waals surface area contributed by atoms with E-state index < -0.39 is 10.0 Å². The Hall–Kier alpha value is -1.77. The SMILES string of the molecule is Cc1c(CN)cccc1S(=O)(=O)NCc1ncn(C)n1. The molecular formula is C12H17N5O2S. The van der Waals surface area contributed by atoms with Crippen molar-refractivity contribution in [3.05, 3.63) is 41.5 Å². The predicted molar refractivity (Wildman–Crippen MR) is 74.1 cm³/mol. The molecule has 3 N–H and O–H groups in total. The van der Waals surface area contributed by atoms with Gasteiger partial charge < -0.3 is 5.73 Å². The van der Waals surface area contributed by atoms with E-state index in [4.69, 9.17) is 5.73 Å². The average Bonchev–Trinajstić information content (AvgIpc) is 2.82. The number of aryl methyl sites for hydroxylation is 1. The third-order valence-electron chi connectivity index (χ3n) is 2.97. The summed E-state index contributed by atoms with van der Waals surface area (Å²) < 4.78 is 28.6. The average molecular weight is 295 g/mol. The Morgan fingerprint density at radius 2 is 2.15 bits per heavy atom. The first-order valence-electron chi connectivity index (χ1n) is 6.07. The van der Waals surface area contributed by atoms with Crippen LogP contribution in [0.15, 0.2) is 29.4 Å². The number of nitrogens with two attached hydrogens (primary N) is 1. The lowest BCUT2D eigenvalue weighted by Gasteiger charge is -2.11. The zero-order chi connectivity index (χ0) is 14.8. The molecule has 0 unspecified atom stereocenters. The molecule has 0 bridgehead atoms. The summed E-state index contributed by atoms with van der Waals surface area (Å²) in [5.41, 5.74) is 7.07. The highest BCUT2D eigenvalue weighted by molar-refractivity contribution is 7.89. The second-order valence-corrected chi connectivity index (χ2v) is 6.14. The monoisotopic (exact) mass is 295 g/mol. The van der Waals surface area contributed by atoms with Gasteiger partial charge in [0.1, 0.15) is 6.33 Å². The normalized spacial score (nSPS) is 11.8. The molecule has 1 heterocycles. The summed E-state index contributed by atoms with van der Waals surface area (Å²) in [7, 11) is -1.89. The molecule has 108 valence electrons. The Morgan fingerprint density at radius 3 is 2.75 bits per heavy atom. The Bertz CT molecular complexity index is 708. The van der Waals surface area contributed by atoms with Crippen molar-refractivity contribution in [1.29, 1.82) is 0 Å². The van der Waals surface area contributed by atoms with Gasteiger partial charge in [-0.25, -0.2) is 18.1 Å². The first-order chi connectivity index (χ1) is 9.44. The van der Waals surface area contributed by atoms with Gasteiger partial charge in [0.25, 0.3) is 0 Å². The van der Waals surface area contributed by atoms with Crippen molar-refractivity contribution in [2.24, 2.45) is 12.8 Å². The minimum Gasteiger partial charge on any atom is -0.326 e. The second-order valence-electron chi connectivity index (χ2n) is 4.40. The minimum atomic E-state index is -3.61. The van der Waals surface area contributed by atoms with Crippen LogP contribution in [0.5, 0.6) is 0 Å². The molecule has 8 heteroatoms. The van der Waals surface area contributed by atoms with Crippen LogP contribution in [0.1, 0.15) is 17.0 Å². The van der Waals surface area contributed by atoms with Crippen LogP contribution in [0, 0.1) is 6.92 Å². The maximum absolute atomic E-state index is 12.3. The molecule has 1 aromatic carbocycles. The zero-order valence-electron chi connectivity index (χ0n) is 11.4. The Kier molecular flexibility index (Phi) is 4.17. The van der Waals surface area contributed by atoms with Crippen molar-refractivity contribution in [2.45, 2.75) is 24.9 Å². The van der Waals surface area contributed by atoms with Gasteiger partial charge in [-0.2, -0.15) is 5.10 Å². The van der Waals surface area contributed by atoms with E-state index in [-0.39, 0.29) is 11.4 Å². The molecule has 0 amide bonds. The molecule has 20 heavy (non-hydrogen) atoms. The fourth-order valence-electron chi connectivity index (χ4n) is 1.87. The van der Waals surface area contributed by atoms with Gasteiger partial charge in [0, 0.05) is 13.6 Å². The van der Waals surface area contributed by atoms with E-state index in [0.29, 0.717) is 17.9 Å². The lowest BCUT2D eigenvalue weighted by Crippen LogP contribution is -2.25. The molecule has 0 saturated heterocycles. The van der Waals surface area contributed by atoms with Crippen LogP contribution in [-0.2, 0) is 30.2 Å². The highest BCUT2D eigenvalue weighted by Crippen LogP contribution is 2.18. The van der Waals surface area contributed by atoms with E-state index in [0.717, 1.165) is 5.56 Å². The number of sulfonamides is 1. The minimum absolute atomic E-state index is 0.0511. The van der Waals surface area contributed by atoms with Crippen LogP contribution in [0.4, 0.5) is 0 Å². The molecule has 0 atom stereocenters. The second kappa shape index (κ2) is 5.70. The van der Waals surface area contributed by atoms with Gasteiger partial charge in [-0.05, 0) is 24.1 Å². The van der Waals surface area contributed by atoms with Gasteiger partial charge in [0.15, 0.2) is 5.82 Å². The Morgan fingerprint density at radius 1 is 1.40 bits per heavy atom. The van der Waals surface area contributed by atoms with Crippen molar-refractivity contribution in [3.8, 4) is 0 Å². The molecule has 1 aromatic heterocycles. The van der Waals surface area contributed by atoms with Crippen molar-refractivity contribution in [3.63, 3.8) is 0 Å². The molecule has 0 spiro atoms. The number of benzene rings is 1. The summed E-state index contributed by atoms with van der Waals surface area (Å²) in [6, 6.07) is 5.06. The van der Waals surface area contributed by atoms with E-state index in [1.807, 2.05) is 6.07 Å². The van der Waals surface area contributed by atoms with E-state index >= 15 is 0 Å². The van der Waals surface area contributed by atoms with E-state index in [9.17, 15) is 8.42 Å². The first-order valence-corrected chi connectivity index (χ1v) is 7.55. The molecular weight excluding hydrogens is 278 g/mol. The fourth-order valence-corrected chi connectivity index (χ4v) is 3.14.